The molecule has 0 unspecified atom stereocenters. The number of benzene rings is 3. The number of halogens is 1. The molecule has 0 aliphatic carbocycles. The maximum atomic E-state index is 13.2. The first-order valence-corrected chi connectivity index (χ1v) is 9.84. The van der Waals surface area contributed by atoms with E-state index in [9.17, 15) is 9.59 Å². The van der Waals surface area contributed by atoms with Gasteiger partial charge in [-0.3, -0.25) is 9.59 Å². The molecule has 0 atom stereocenters. The Labute approximate surface area is 183 Å². The summed E-state index contributed by atoms with van der Waals surface area (Å²) < 4.78 is 5.14. The lowest BCUT2D eigenvalue weighted by Crippen LogP contribution is -2.26. The van der Waals surface area contributed by atoms with Crippen molar-refractivity contribution in [2.45, 2.75) is 0 Å². The number of aromatic amines is 1. The molecule has 4 rings (SSSR count). The van der Waals surface area contributed by atoms with Crippen molar-refractivity contribution in [3.8, 4) is 28.1 Å². The fourth-order valence-electron chi connectivity index (χ4n) is 3.30. The van der Waals surface area contributed by atoms with Crippen LogP contribution in [0.2, 0.25) is 5.02 Å². The van der Waals surface area contributed by atoms with Crippen molar-refractivity contribution >= 4 is 23.2 Å². The highest BCUT2D eigenvalue weighted by atomic mass is 35.5. The van der Waals surface area contributed by atoms with Crippen LogP contribution in [0.4, 0.5) is 5.69 Å². The van der Waals surface area contributed by atoms with Gasteiger partial charge in [-0.2, -0.15) is 5.10 Å². The van der Waals surface area contributed by atoms with Gasteiger partial charge in [-0.15, -0.1) is 0 Å². The number of rotatable bonds is 5. The van der Waals surface area contributed by atoms with Gasteiger partial charge >= 0.3 is 0 Å². The smallest absolute Gasteiger partial charge is 0.277 e. The number of nitrogens with one attached hydrogen (secondary N) is 2. The second-order valence-electron chi connectivity index (χ2n) is 6.69. The zero-order valence-electron chi connectivity index (χ0n) is 16.6. The van der Waals surface area contributed by atoms with Crippen LogP contribution in [0.1, 0.15) is 10.4 Å². The zero-order chi connectivity index (χ0) is 21.8. The van der Waals surface area contributed by atoms with Crippen LogP contribution >= 0.6 is 11.6 Å². The maximum absolute atomic E-state index is 13.2. The van der Waals surface area contributed by atoms with Crippen LogP contribution in [0.5, 0.6) is 5.75 Å². The summed E-state index contributed by atoms with van der Waals surface area (Å²) in [5.41, 5.74) is 2.25. The van der Waals surface area contributed by atoms with Gasteiger partial charge < -0.3 is 10.1 Å². The van der Waals surface area contributed by atoms with Crippen molar-refractivity contribution in [2.75, 3.05) is 12.4 Å². The molecule has 4 aromatic rings. The van der Waals surface area contributed by atoms with Crippen molar-refractivity contribution in [1.29, 1.82) is 0 Å². The summed E-state index contributed by atoms with van der Waals surface area (Å²) in [7, 11) is 1.51. The Bertz CT molecular complexity index is 1290. The van der Waals surface area contributed by atoms with Crippen LogP contribution in [0.3, 0.4) is 0 Å². The Morgan fingerprint density at radius 3 is 2.23 bits per heavy atom. The first-order valence-electron chi connectivity index (χ1n) is 9.47. The number of carbonyl (C=O) groups is 1. The average molecular weight is 432 g/mol. The van der Waals surface area contributed by atoms with E-state index in [-0.39, 0.29) is 5.56 Å². The van der Waals surface area contributed by atoms with Gasteiger partial charge in [0.25, 0.3) is 11.5 Å². The molecule has 1 aromatic heterocycles. The van der Waals surface area contributed by atoms with Crippen LogP contribution in [0.15, 0.2) is 83.7 Å². The number of methoxy groups -OCH3 is 1. The second kappa shape index (κ2) is 8.85. The summed E-state index contributed by atoms with van der Waals surface area (Å²) in [5.74, 6) is -0.0846. The van der Waals surface area contributed by atoms with E-state index in [4.69, 9.17) is 16.3 Å². The molecule has 0 aliphatic heterocycles. The Morgan fingerprint density at radius 2 is 1.61 bits per heavy atom. The number of anilines is 1. The number of carbonyl (C=O) groups excluding carboxylic acids is 1. The minimum Gasteiger partial charge on any atom is -0.495 e. The molecule has 0 spiro atoms. The number of amides is 1. The lowest BCUT2D eigenvalue weighted by Gasteiger charge is -2.14. The fourth-order valence-corrected chi connectivity index (χ4v) is 3.55. The number of hydrogen-bond donors (Lipinski definition) is 2. The molecule has 0 fully saturated rings. The van der Waals surface area contributed by atoms with E-state index in [2.05, 4.69) is 15.5 Å². The van der Waals surface area contributed by atoms with E-state index >= 15 is 0 Å². The summed E-state index contributed by atoms with van der Waals surface area (Å²) in [4.78, 5) is 26.0. The third-order valence-electron chi connectivity index (χ3n) is 4.73. The van der Waals surface area contributed by atoms with Crippen LogP contribution in [0.25, 0.3) is 22.4 Å². The monoisotopic (exact) mass is 431 g/mol. The highest BCUT2D eigenvalue weighted by Gasteiger charge is 2.23. The molecule has 154 valence electrons. The van der Waals surface area contributed by atoms with Gasteiger partial charge in [-0.1, -0.05) is 72.3 Å². The molecule has 31 heavy (non-hydrogen) atoms. The molecule has 7 heteroatoms. The van der Waals surface area contributed by atoms with Crippen LogP contribution in [-0.4, -0.2) is 23.2 Å². The van der Waals surface area contributed by atoms with E-state index in [1.807, 2.05) is 60.7 Å². The first-order chi connectivity index (χ1) is 15.1. The van der Waals surface area contributed by atoms with Gasteiger partial charge in [-0.05, 0) is 23.8 Å². The maximum Gasteiger partial charge on any atom is 0.277 e. The van der Waals surface area contributed by atoms with Gasteiger partial charge in [0.2, 0.25) is 0 Å². The Hall–Kier alpha value is -3.90. The van der Waals surface area contributed by atoms with Crippen molar-refractivity contribution < 1.29 is 9.53 Å². The van der Waals surface area contributed by atoms with Crippen LogP contribution in [-0.2, 0) is 0 Å². The summed E-state index contributed by atoms with van der Waals surface area (Å²) in [6.45, 7) is 0. The summed E-state index contributed by atoms with van der Waals surface area (Å²) in [6, 6.07) is 23.5. The number of nitrogens with zero attached hydrogens (tertiary/aromatic N) is 1. The zero-order valence-corrected chi connectivity index (χ0v) is 17.3. The highest BCUT2D eigenvalue weighted by Crippen LogP contribution is 2.32. The Morgan fingerprint density at radius 1 is 0.968 bits per heavy atom. The second-order valence-corrected chi connectivity index (χ2v) is 7.09. The normalized spacial score (nSPS) is 10.5. The molecule has 3 aromatic carbocycles. The van der Waals surface area contributed by atoms with Crippen LogP contribution < -0.4 is 15.6 Å². The van der Waals surface area contributed by atoms with Gasteiger partial charge in [0.15, 0.2) is 0 Å². The van der Waals surface area contributed by atoms with E-state index in [1.165, 1.54) is 7.11 Å². The quantitative estimate of drug-likeness (QED) is 0.464. The number of H-pyrrole nitrogens is 1. The minimum atomic E-state index is -0.587. The van der Waals surface area contributed by atoms with Crippen molar-refractivity contribution in [3.05, 3.63) is 99.8 Å². The van der Waals surface area contributed by atoms with E-state index in [1.54, 1.807) is 18.2 Å². The molecule has 0 saturated carbocycles. The third-order valence-corrected chi connectivity index (χ3v) is 5.02. The van der Waals surface area contributed by atoms with E-state index < -0.39 is 11.5 Å². The molecule has 2 N–H and O–H groups in total. The number of ether oxygens (including phenoxy) is 1. The first kappa shape index (κ1) is 20.4. The molecule has 6 nitrogen and oxygen atoms in total. The molecule has 0 radical (unpaired) electrons. The molecule has 0 bridgehead atoms. The van der Waals surface area contributed by atoms with E-state index in [0.29, 0.717) is 33.3 Å². The molecule has 1 amide bonds. The van der Waals surface area contributed by atoms with Crippen molar-refractivity contribution in [1.82, 2.24) is 10.2 Å². The SMILES string of the molecule is COc1ccc(NC(=O)c2c(-c3ccccc3)c(-c3ccccc3)n[nH]c2=O)cc1Cl. The summed E-state index contributed by atoms with van der Waals surface area (Å²) in [6.07, 6.45) is 0. The lowest BCUT2D eigenvalue weighted by atomic mass is 9.95. The van der Waals surface area contributed by atoms with Crippen molar-refractivity contribution in [3.63, 3.8) is 0 Å². The van der Waals surface area contributed by atoms with Crippen molar-refractivity contribution in [2.24, 2.45) is 0 Å². The number of aromatic nitrogens is 2. The highest BCUT2D eigenvalue weighted by molar-refractivity contribution is 6.32. The largest absolute Gasteiger partial charge is 0.495 e. The average Bonchev–Trinajstić information content (AvgIpc) is 2.80. The van der Waals surface area contributed by atoms with E-state index in [0.717, 1.165) is 5.56 Å². The molecule has 0 aliphatic rings. The predicted octanol–water partition coefficient (Wildman–Crippen LogP) is 5.02. The van der Waals surface area contributed by atoms with Gasteiger partial charge in [0.05, 0.1) is 17.8 Å². The van der Waals surface area contributed by atoms with Gasteiger partial charge in [-0.25, -0.2) is 5.10 Å². The topological polar surface area (TPSA) is 84.1 Å². The lowest BCUT2D eigenvalue weighted by molar-refractivity contribution is 0.102. The molecule has 0 saturated heterocycles. The fraction of sp³-hybridized carbons (Fsp3) is 0.0417. The molecular formula is C24H18ClN3O3. The minimum absolute atomic E-state index is 0.0352. The standard InChI is InChI=1S/C24H18ClN3O3/c1-31-19-13-12-17(14-18(19)25)26-23(29)21-20(15-8-4-2-5-9-15)22(27-28-24(21)30)16-10-6-3-7-11-16/h2-14H,1H3,(H,26,29)(H,28,30). The summed E-state index contributed by atoms with van der Waals surface area (Å²) in [5, 5.41) is 9.82. The Kier molecular flexibility index (Phi) is 5.82. The number of hydrogen-bond acceptors (Lipinski definition) is 4. The van der Waals surface area contributed by atoms with Gasteiger partial charge in [0, 0.05) is 16.8 Å². The van der Waals surface area contributed by atoms with Crippen LogP contribution in [0, 0.1) is 0 Å². The van der Waals surface area contributed by atoms with Gasteiger partial charge in [0.1, 0.15) is 11.3 Å². The Balaban J connectivity index is 1.86. The molecular weight excluding hydrogens is 414 g/mol. The predicted molar refractivity (Wildman–Crippen MR) is 122 cm³/mol. The summed E-state index contributed by atoms with van der Waals surface area (Å²) >= 11 is 6.17. The molecule has 1 heterocycles. The third kappa shape index (κ3) is 4.20.